The van der Waals surface area contributed by atoms with Gasteiger partial charge in [0.1, 0.15) is 5.82 Å². The molecule has 0 saturated carbocycles. The maximum absolute atomic E-state index is 5.71. The zero-order chi connectivity index (χ0) is 10.9. The van der Waals surface area contributed by atoms with Crippen LogP contribution in [0.4, 0.5) is 0 Å². The fraction of sp³-hybridized carbons (Fsp3) is 0.364. The van der Waals surface area contributed by atoms with Gasteiger partial charge in [-0.15, -0.1) is 11.3 Å². The number of thiophene rings is 1. The summed E-state index contributed by atoms with van der Waals surface area (Å²) in [6.07, 6.45) is 1.87. The van der Waals surface area contributed by atoms with E-state index in [1.165, 1.54) is 4.88 Å². The zero-order valence-electron chi connectivity index (χ0n) is 8.95. The van der Waals surface area contributed by atoms with E-state index in [0.717, 1.165) is 11.5 Å². The SMILES string of the molecule is CC(C)(CN)c1ncc(-c2cccs2)[nH]1. The number of rotatable bonds is 3. The van der Waals surface area contributed by atoms with E-state index in [9.17, 15) is 0 Å². The molecular formula is C11H15N3S. The van der Waals surface area contributed by atoms with Gasteiger partial charge in [0.05, 0.1) is 16.8 Å². The number of nitrogens with zero attached hydrogens (tertiary/aromatic N) is 1. The monoisotopic (exact) mass is 221 g/mol. The first kappa shape index (κ1) is 10.4. The molecule has 80 valence electrons. The van der Waals surface area contributed by atoms with E-state index >= 15 is 0 Å². The molecule has 0 radical (unpaired) electrons. The van der Waals surface area contributed by atoms with E-state index in [0.29, 0.717) is 6.54 Å². The maximum atomic E-state index is 5.71. The lowest BCUT2D eigenvalue weighted by Crippen LogP contribution is -2.29. The third-order valence-corrected chi connectivity index (χ3v) is 3.42. The van der Waals surface area contributed by atoms with Gasteiger partial charge in [-0.25, -0.2) is 4.98 Å². The summed E-state index contributed by atoms with van der Waals surface area (Å²) in [6.45, 7) is 4.76. The molecule has 2 heterocycles. The fourth-order valence-corrected chi connectivity index (χ4v) is 2.01. The van der Waals surface area contributed by atoms with Gasteiger partial charge >= 0.3 is 0 Å². The summed E-state index contributed by atoms with van der Waals surface area (Å²) >= 11 is 1.71. The Morgan fingerprint density at radius 2 is 2.33 bits per heavy atom. The van der Waals surface area contributed by atoms with Crippen molar-refractivity contribution in [3.05, 3.63) is 29.5 Å². The molecule has 0 aliphatic rings. The molecule has 2 rings (SSSR count). The van der Waals surface area contributed by atoms with Gasteiger partial charge in [0.2, 0.25) is 0 Å². The Kier molecular flexibility index (Phi) is 2.63. The van der Waals surface area contributed by atoms with Crippen molar-refractivity contribution in [2.75, 3.05) is 6.54 Å². The second kappa shape index (κ2) is 3.79. The third-order valence-electron chi connectivity index (χ3n) is 2.51. The summed E-state index contributed by atoms with van der Waals surface area (Å²) in [7, 11) is 0. The average molecular weight is 221 g/mol. The van der Waals surface area contributed by atoms with E-state index in [2.05, 4.69) is 35.3 Å². The first-order chi connectivity index (χ1) is 7.13. The quantitative estimate of drug-likeness (QED) is 0.836. The van der Waals surface area contributed by atoms with Gasteiger partial charge in [0.15, 0.2) is 0 Å². The number of aromatic nitrogens is 2. The Morgan fingerprint density at radius 3 is 2.93 bits per heavy atom. The Labute approximate surface area is 93.4 Å². The molecule has 2 aromatic heterocycles. The molecule has 0 unspecified atom stereocenters. The summed E-state index contributed by atoms with van der Waals surface area (Å²) in [5, 5.41) is 2.06. The van der Waals surface area contributed by atoms with Crippen molar-refractivity contribution in [3.63, 3.8) is 0 Å². The Balaban J connectivity index is 2.33. The normalized spacial score (nSPS) is 11.9. The predicted octanol–water partition coefficient (Wildman–Crippen LogP) is 2.37. The van der Waals surface area contributed by atoms with Crippen LogP contribution in [0.25, 0.3) is 10.6 Å². The number of aromatic amines is 1. The van der Waals surface area contributed by atoms with Crippen LogP contribution in [0.5, 0.6) is 0 Å². The minimum atomic E-state index is -0.0878. The molecule has 0 atom stereocenters. The highest BCUT2D eigenvalue weighted by atomic mass is 32.1. The van der Waals surface area contributed by atoms with Gasteiger partial charge in [-0.1, -0.05) is 19.9 Å². The highest BCUT2D eigenvalue weighted by Gasteiger charge is 2.22. The van der Waals surface area contributed by atoms with Gasteiger partial charge in [0, 0.05) is 12.0 Å². The molecule has 3 N–H and O–H groups in total. The molecule has 3 nitrogen and oxygen atoms in total. The lowest BCUT2D eigenvalue weighted by Gasteiger charge is -2.18. The molecule has 0 aliphatic carbocycles. The third kappa shape index (κ3) is 1.96. The lowest BCUT2D eigenvalue weighted by atomic mass is 9.93. The summed E-state index contributed by atoms with van der Waals surface area (Å²) in [4.78, 5) is 8.92. The van der Waals surface area contributed by atoms with Crippen molar-refractivity contribution in [1.29, 1.82) is 0 Å². The smallest absolute Gasteiger partial charge is 0.113 e. The number of H-pyrrole nitrogens is 1. The molecule has 0 spiro atoms. The van der Waals surface area contributed by atoms with Crippen LogP contribution in [0.1, 0.15) is 19.7 Å². The highest BCUT2D eigenvalue weighted by Crippen LogP contribution is 2.26. The second-order valence-corrected chi connectivity index (χ2v) is 5.16. The van der Waals surface area contributed by atoms with Crippen molar-refractivity contribution in [1.82, 2.24) is 9.97 Å². The number of hydrogen-bond acceptors (Lipinski definition) is 3. The van der Waals surface area contributed by atoms with Crippen LogP contribution in [0, 0.1) is 0 Å². The van der Waals surface area contributed by atoms with Crippen LogP contribution >= 0.6 is 11.3 Å². The molecule has 15 heavy (non-hydrogen) atoms. The number of nitrogens with two attached hydrogens (primary N) is 1. The minimum absolute atomic E-state index is 0.0878. The molecule has 2 aromatic rings. The van der Waals surface area contributed by atoms with E-state index in [1.54, 1.807) is 11.3 Å². The van der Waals surface area contributed by atoms with Gasteiger partial charge in [-0.3, -0.25) is 0 Å². The van der Waals surface area contributed by atoms with Crippen molar-refractivity contribution >= 4 is 11.3 Å². The molecule has 4 heteroatoms. The Hall–Kier alpha value is -1.13. The lowest BCUT2D eigenvalue weighted by molar-refractivity contribution is 0.508. The van der Waals surface area contributed by atoms with E-state index in [1.807, 2.05) is 12.3 Å². The average Bonchev–Trinajstić information content (AvgIpc) is 2.88. The number of nitrogens with one attached hydrogen (secondary N) is 1. The standard InChI is InChI=1S/C11H15N3S/c1-11(2,7-12)10-13-6-8(14-10)9-4-3-5-15-9/h3-6H,7,12H2,1-2H3,(H,13,14). The van der Waals surface area contributed by atoms with Crippen molar-refractivity contribution in [2.24, 2.45) is 5.73 Å². The topological polar surface area (TPSA) is 54.7 Å². The molecule has 0 bridgehead atoms. The zero-order valence-corrected chi connectivity index (χ0v) is 9.77. The molecule has 0 fully saturated rings. The fourth-order valence-electron chi connectivity index (χ4n) is 1.32. The van der Waals surface area contributed by atoms with Crippen molar-refractivity contribution in [2.45, 2.75) is 19.3 Å². The maximum Gasteiger partial charge on any atom is 0.113 e. The van der Waals surface area contributed by atoms with Gasteiger partial charge in [-0.2, -0.15) is 0 Å². The summed E-state index contributed by atoms with van der Waals surface area (Å²) in [5.41, 5.74) is 6.69. The van der Waals surface area contributed by atoms with Crippen LogP contribution in [-0.4, -0.2) is 16.5 Å². The molecule has 0 amide bonds. The second-order valence-electron chi connectivity index (χ2n) is 4.21. The van der Waals surface area contributed by atoms with Crippen molar-refractivity contribution < 1.29 is 0 Å². The van der Waals surface area contributed by atoms with Gasteiger partial charge in [0.25, 0.3) is 0 Å². The first-order valence-electron chi connectivity index (χ1n) is 4.93. The molecule has 0 saturated heterocycles. The van der Waals surface area contributed by atoms with Crippen molar-refractivity contribution in [3.8, 4) is 10.6 Å². The van der Waals surface area contributed by atoms with Gasteiger partial charge < -0.3 is 10.7 Å². The first-order valence-corrected chi connectivity index (χ1v) is 5.81. The summed E-state index contributed by atoms with van der Waals surface area (Å²) < 4.78 is 0. The van der Waals surface area contributed by atoms with Crippen LogP contribution in [0.3, 0.4) is 0 Å². The van der Waals surface area contributed by atoms with Gasteiger partial charge in [-0.05, 0) is 11.4 Å². The largest absolute Gasteiger partial charge is 0.341 e. The number of imidazole rings is 1. The Morgan fingerprint density at radius 1 is 1.53 bits per heavy atom. The minimum Gasteiger partial charge on any atom is -0.341 e. The van der Waals surface area contributed by atoms with Crippen LogP contribution < -0.4 is 5.73 Å². The highest BCUT2D eigenvalue weighted by molar-refractivity contribution is 7.13. The van der Waals surface area contributed by atoms with E-state index < -0.39 is 0 Å². The molecular weight excluding hydrogens is 206 g/mol. The Bertz CT molecular complexity index is 428. The molecule has 0 aromatic carbocycles. The van der Waals surface area contributed by atoms with Crippen LogP contribution in [0.2, 0.25) is 0 Å². The summed E-state index contributed by atoms with van der Waals surface area (Å²) in [5.74, 6) is 0.952. The predicted molar refractivity (Wildman–Crippen MR) is 64.0 cm³/mol. The van der Waals surface area contributed by atoms with E-state index in [-0.39, 0.29) is 5.41 Å². The summed E-state index contributed by atoms with van der Waals surface area (Å²) in [6, 6.07) is 4.12. The van der Waals surface area contributed by atoms with Crippen LogP contribution in [-0.2, 0) is 5.41 Å². The van der Waals surface area contributed by atoms with E-state index in [4.69, 9.17) is 5.73 Å². The molecule has 0 aliphatic heterocycles. The van der Waals surface area contributed by atoms with Crippen LogP contribution in [0.15, 0.2) is 23.7 Å². The number of hydrogen-bond donors (Lipinski definition) is 2.